The van der Waals surface area contributed by atoms with E-state index in [-0.39, 0.29) is 11.9 Å². The van der Waals surface area contributed by atoms with Crippen molar-refractivity contribution >= 4 is 5.91 Å². The molecule has 3 saturated heterocycles. The van der Waals surface area contributed by atoms with E-state index in [1.54, 1.807) is 24.3 Å². The number of phenolic OH excluding ortho intramolecular Hbond substituents is 1. The number of aromatic hydroxyl groups is 1. The van der Waals surface area contributed by atoms with Crippen LogP contribution in [-0.4, -0.2) is 41.6 Å². The van der Waals surface area contributed by atoms with Gasteiger partial charge in [-0.05, 0) is 67.2 Å². The quantitative estimate of drug-likeness (QED) is 0.886. The number of carbonyl (C=O) groups excluding carboxylic acids is 1. The zero-order chi connectivity index (χ0) is 18.3. The topological polar surface area (TPSA) is 52.6 Å². The fourth-order valence-electron chi connectivity index (χ4n) is 3.94. The summed E-state index contributed by atoms with van der Waals surface area (Å²) in [7, 11) is 0. The van der Waals surface area contributed by atoms with Crippen molar-refractivity contribution in [3.05, 3.63) is 53.6 Å². The Morgan fingerprint density at radius 2 is 1.77 bits per heavy atom. The van der Waals surface area contributed by atoms with Gasteiger partial charge in [-0.3, -0.25) is 4.79 Å². The molecule has 6 heteroatoms. The number of amides is 1. The first-order valence-electron chi connectivity index (χ1n) is 8.83. The van der Waals surface area contributed by atoms with Gasteiger partial charge < -0.3 is 15.3 Å². The molecule has 0 spiro atoms. The maximum atomic E-state index is 13.5. The van der Waals surface area contributed by atoms with Crippen molar-refractivity contribution in [2.45, 2.75) is 18.9 Å². The largest absolute Gasteiger partial charge is 0.505 e. The summed E-state index contributed by atoms with van der Waals surface area (Å²) in [5, 5.41) is 12.6. The summed E-state index contributed by atoms with van der Waals surface area (Å²) in [4.78, 5) is 14.9. The summed E-state index contributed by atoms with van der Waals surface area (Å²) in [6, 6.07) is 9.02. The highest BCUT2D eigenvalue weighted by Gasteiger charge is 2.34. The van der Waals surface area contributed by atoms with Gasteiger partial charge in [-0.2, -0.15) is 4.39 Å². The Kier molecular flexibility index (Phi) is 4.36. The SMILES string of the molecule is O=C(N[C@H]1CN2CCC1CC2)c1ccc(-c2cc(O)c(F)c(F)c2)cc1. The summed E-state index contributed by atoms with van der Waals surface area (Å²) in [5.74, 6) is -2.67. The number of nitrogens with zero attached hydrogens (tertiary/aromatic N) is 1. The highest BCUT2D eigenvalue weighted by molar-refractivity contribution is 5.95. The van der Waals surface area contributed by atoms with Crippen LogP contribution in [0.5, 0.6) is 5.75 Å². The molecule has 3 fully saturated rings. The highest BCUT2D eigenvalue weighted by Crippen LogP contribution is 2.29. The van der Waals surface area contributed by atoms with Crippen molar-refractivity contribution in [2.75, 3.05) is 19.6 Å². The second kappa shape index (κ2) is 6.68. The minimum atomic E-state index is -1.26. The molecule has 26 heavy (non-hydrogen) atoms. The van der Waals surface area contributed by atoms with Gasteiger partial charge in [0.25, 0.3) is 5.91 Å². The lowest BCUT2D eigenvalue weighted by Crippen LogP contribution is -2.57. The number of hydrogen-bond acceptors (Lipinski definition) is 3. The Morgan fingerprint density at radius 1 is 1.08 bits per heavy atom. The molecule has 3 heterocycles. The van der Waals surface area contributed by atoms with Gasteiger partial charge >= 0.3 is 0 Å². The molecule has 0 radical (unpaired) electrons. The van der Waals surface area contributed by atoms with Gasteiger partial charge in [-0.15, -0.1) is 0 Å². The predicted molar refractivity (Wildman–Crippen MR) is 93.9 cm³/mol. The van der Waals surface area contributed by atoms with E-state index in [2.05, 4.69) is 10.2 Å². The maximum Gasteiger partial charge on any atom is 0.251 e. The third kappa shape index (κ3) is 3.17. The average molecular weight is 358 g/mol. The molecule has 0 aliphatic carbocycles. The second-order valence-corrected chi connectivity index (χ2v) is 7.09. The van der Waals surface area contributed by atoms with E-state index in [1.165, 1.54) is 6.07 Å². The molecule has 2 bridgehead atoms. The molecule has 2 aromatic rings. The molecule has 3 aliphatic rings. The van der Waals surface area contributed by atoms with E-state index in [4.69, 9.17) is 0 Å². The Hall–Kier alpha value is -2.47. The van der Waals surface area contributed by atoms with Crippen LogP contribution < -0.4 is 5.32 Å². The summed E-state index contributed by atoms with van der Waals surface area (Å²) in [6.07, 6.45) is 2.26. The van der Waals surface area contributed by atoms with Gasteiger partial charge in [0.05, 0.1) is 0 Å². The molecule has 1 amide bonds. The maximum absolute atomic E-state index is 13.5. The molecule has 5 rings (SSSR count). The summed E-state index contributed by atoms with van der Waals surface area (Å²) < 4.78 is 26.7. The smallest absolute Gasteiger partial charge is 0.251 e. The first-order valence-corrected chi connectivity index (χ1v) is 8.83. The fraction of sp³-hybridized carbons (Fsp3) is 0.350. The molecule has 4 nitrogen and oxygen atoms in total. The normalized spacial score (nSPS) is 24.5. The highest BCUT2D eigenvalue weighted by atomic mass is 19.2. The minimum absolute atomic E-state index is 0.122. The van der Waals surface area contributed by atoms with Crippen LogP contribution in [0, 0.1) is 17.6 Å². The van der Waals surface area contributed by atoms with Crippen LogP contribution in [0.25, 0.3) is 11.1 Å². The van der Waals surface area contributed by atoms with Crippen LogP contribution in [0.1, 0.15) is 23.2 Å². The molecule has 0 unspecified atom stereocenters. The second-order valence-electron chi connectivity index (χ2n) is 7.09. The number of fused-ring (bicyclic) bond motifs is 3. The lowest BCUT2D eigenvalue weighted by molar-refractivity contribution is 0.0620. The summed E-state index contributed by atoms with van der Waals surface area (Å²) >= 11 is 0. The van der Waals surface area contributed by atoms with Gasteiger partial charge in [-0.1, -0.05) is 12.1 Å². The van der Waals surface area contributed by atoms with E-state index >= 15 is 0 Å². The fourth-order valence-corrected chi connectivity index (χ4v) is 3.94. The molecule has 136 valence electrons. The van der Waals surface area contributed by atoms with E-state index in [0.717, 1.165) is 38.5 Å². The van der Waals surface area contributed by atoms with Gasteiger partial charge in [0.15, 0.2) is 17.4 Å². The van der Waals surface area contributed by atoms with Crippen molar-refractivity contribution < 1.29 is 18.7 Å². The van der Waals surface area contributed by atoms with Gasteiger partial charge in [0.2, 0.25) is 0 Å². The summed E-state index contributed by atoms with van der Waals surface area (Å²) in [6.45, 7) is 3.14. The molecule has 2 aromatic carbocycles. The van der Waals surface area contributed by atoms with Crippen molar-refractivity contribution in [1.29, 1.82) is 0 Å². The van der Waals surface area contributed by atoms with Crippen LogP contribution in [-0.2, 0) is 0 Å². The van der Waals surface area contributed by atoms with Crippen molar-refractivity contribution in [1.82, 2.24) is 10.2 Å². The van der Waals surface area contributed by atoms with Crippen LogP contribution >= 0.6 is 0 Å². The van der Waals surface area contributed by atoms with Crippen LogP contribution in [0.2, 0.25) is 0 Å². The molecule has 2 N–H and O–H groups in total. The molecular formula is C20H20F2N2O2. The molecule has 1 atom stereocenters. The number of piperidine rings is 3. The van der Waals surface area contributed by atoms with Gasteiger partial charge in [0.1, 0.15) is 0 Å². The van der Waals surface area contributed by atoms with Gasteiger partial charge in [-0.25, -0.2) is 4.39 Å². The first kappa shape index (κ1) is 17.0. The number of rotatable bonds is 3. The third-order valence-electron chi connectivity index (χ3n) is 5.46. The Balaban J connectivity index is 1.48. The zero-order valence-electron chi connectivity index (χ0n) is 14.2. The Morgan fingerprint density at radius 3 is 2.35 bits per heavy atom. The predicted octanol–water partition coefficient (Wildman–Crippen LogP) is 3.16. The van der Waals surface area contributed by atoms with Crippen LogP contribution in [0.4, 0.5) is 8.78 Å². The number of benzene rings is 2. The van der Waals surface area contributed by atoms with Gasteiger partial charge in [0, 0.05) is 18.2 Å². The van der Waals surface area contributed by atoms with E-state index in [9.17, 15) is 18.7 Å². The minimum Gasteiger partial charge on any atom is -0.505 e. The van der Waals surface area contributed by atoms with Crippen molar-refractivity contribution in [3.8, 4) is 16.9 Å². The average Bonchev–Trinajstić information content (AvgIpc) is 2.67. The lowest BCUT2D eigenvalue weighted by Gasteiger charge is -2.44. The molecule has 3 aliphatic heterocycles. The molecule has 0 saturated carbocycles. The lowest BCUT2D eigenvalue weighted by atomic mass is 9.84. The van der Waals surface area contributed by atoms with E-state index < -0.39 is 17.4 Å². The van der Waals surface area contributed by atoms with Crippen LogP contribution in [0.15, 0.2) is 36.4 Å². The molecular weight excluding hydrogens is 338 g/mol. The number of halogens is 2. The van der Waals surface area contributed by atoms with Crippen molar-refractivity contribution in [3.63, 3.8) is 0 Å². The number of nitrogens with one attached hydrogen (secondary N) is 1. The Labute approximate surface area is 150 Å². The summed E-state index contributed by atoms with van der Waals surface area (Å²) in [5.41, 5.74) is 1.47. The standard InChI is InChI=1S/C20H20F2N2O2/c21-16-9-15(10-18(25)19(16)22)12-1-3-14(4-2-12)20(26)23-17-11-24-7-5-13(17)6-8-24/h1-4,9-10,13,17,25H,5-8,11H2,(H,23,26)/t17-/m0/s1. The molecule has 0 aromatic heterocycles. The number of hydrogen-bond donors (Lipinski definition) is 2. The van der Waals surface area contributed by atoms with E-state index in [1.807, 2.05) is 0 Å². The third-order valence-corrected chi connectivity index (χ3v) is 5.46. The number of carbonyl (C=O) groups is 1. The van der Waals surface area contributed by atoms with Crippen molar-refractivity contribution in [2.24, 2.45) is 5.92 Å². The monoisotopic (exact) mass is 358 g/mol. The number of phenols is 1. The van der Waals surface area contributed by atoms with E-state index in [0.29, 0.717) is 22.6 Å². The van der Waals surface area contributed by atoms with Crippen LogP contribution in [0.3, 0.4) is 0 Å². The zero-order valence-corrected chi connectivity index (χ0v) is 14.2. The first-order chi connectivity index (χ1) is 12.5. The Bertz CT molecular complexity index is 807.